The van der Waals surface area contributed by atoms with Crippen molar-refractivity contribution in [3.8, 4) is 17.1 Å². The molecule has 0 saturated carbocycles. The minimum Gasteiger partial charge on any atom is -0.325 e. The van der Waals surface area contributed by atoms with Crippen molar-refractivity contribution in [3.05, 3.63) is 88.4 Å². The average Bonchev–Trinajstić information content (AvgIpc) is 3.22. The number of hydrogen-bond acceptors (Lipinski definition) is 4. The van der Waals surface area contributed by atoms with E-state index >= 15 is 0 Å². The van der Waals surface area contributed by atoms with Crippen LogP contribution in [0.25, 0.3) is 17.1 Å². The van der Waals surface area contributed by atoms with Crippen LogP contribution in [-0.4, -0.2) is 26.4 Å². The van der Waals surface area contributed by atoms with E-state index < -0.39 is 0 Å². The lowest BCUT2D eigenvalue weighted by atomic mass is 9.86. The van der Waals surface area contributed by atoms with Crippen LogP contribution in [0.15, 0.2) is 78.0 Å². The quantitative estimate of drug-likeness (QED) is 0.277. The molecule has 0 aliphatic carbocycles. The fourth-order valence-electron chi connectivity index (χ4n) is 3.56. The number of amides is 1. The fraction of sp³-hybridized carbons (Fsp3) is 0.192. The molecule has 0 atom stereocenters. The molecule has 5 nitrogen and oxygen atoms in total. The number of hydrogen-bond donors (Lipinski definition) is 1. The molecule has 0 saturated heterocycles. The lowest BCUT2D eigenvalue weighted by Crippen LogP contribution is -2.20. The summed E-state index contributed by atoms with van der Waals surface area (Å²) in [5.74, 6) is 0.696. The highest BCUT2D eigenvalue weighted by Crippen LogP contribution is 2.31. The molecule has 0 fully saturated rings. The van der Waals surface area contributed by atoms with Gasteiger partial charge >= 0.3 is 0 Å². The molecule has 0 radical (unpaired) electrons. The standard InChI is InChI=1S/C26H24Cl2N4OS/c1-26(2,3)21-9-4-5-10-22(21)29-23(33)16-34-25-31-30-24(17-7-6-8-19(28)15-17)32(25)20-13-11-18(27)12-14-20/h4-15H,16H2,1-3H3,(H,29,33). The summed E-state index contributed by atoms with van der Waals surface area (Å²) in [5, 5.41) is 13.7. The first-order valence-electron chi connectivity index (χ1n) is 10.7. The van der Waals surface area contributed by atoms with E-state index in [1.165, 1.54) is 11.8 Å². The summed E-state index contributed by atoms with van der Waals surface area (Å²) in [5.41, 5.74) is 3.48. The highest BCUT2D eigenvalue weighted by molar-refractivity contribution is 7.99. The van der Waals surface area contributed by atoms with Gasteiger partial charge in [-0.1, -0.05) is 86.1 Å². The lowest BCUT2D eigenvalue weighted by Gasteiger charge is -2.23. The molecule has 0 aliphatic rings. The highest BCUT2D eigenvalue weighted by atomic mass is 35.5. The van der Waals surface area contributed by atoms with Crippen LogP contribution in [0.5, 0.6) is 0 Å². The van der Waals surface area contributed by atoms with Crippen molar-refractivity contribution < 1.29 is 4.79 Å². The number of carbonyl (C=O) groups excluding carboxylic acids is 1. The fourth-order valence-corrected chi connectivity index (χ4v) is 4.63. The first-order valence-corrected chi connectivity index (χ1v) is 12.5. The Kier molecular flexibility index (Phi) is 7.31. The van der Waals surface area contributed by atoms with Crippen LogP contribution in [-0.2, 0) is 10.2 Å². The van der Waals surface area contributed by atoms with Crippen LogP contribution in [0.2, 0.25) is 10.0 Å². The normalized spacial score (nSPS) is 11.4. The smallest absolute Gasteiger partial charge is 0.234 e. The van der Waals surface area contributed by atoms with E-state index in [-0.39, 0.29) is 17.1 Å². The molecule has 1 N–H and O–H groups in total. The SMILES string of the molecule is CC(C)(C)c1ccccc1NC(=O)CSc1nnc(-c2cccc(Cl)c2)n1-c1ccc(Cl)cc1. The van der Waals surface area contributed by atoms with Gasteiger partial charge in [-0.25, -0.2) is 0 Å². The van der Waals surface area contributed by atoms with Gasteiger partial charge < -0.3 is 5.32 Å². The first-order chi connectivity index (χ1) is 16.2. The van der Waals surface area contributed by atoms with E-state index in [4.69, 9.17) is 23.2 Å². The third kappa shape index (κ3) is 5.63. The van der Waals surface area contributed by atoms with E-state index in [1.807, 2.05) is 77.4 Å². The third-order valence-electron chi connectivity index (χ3n) is 5.14. The number of nitrogens with zero attached hydrogens (tertiary/aromatic N) is 3. The van der Waals surface area contributed by atoms with E-state index in [0.29, 0.717) is 21.0 Å². The predicted molar refractivity (Wildman–Crippen MR) is 141 cm³/mol. The Morgan fingerprint density at radius 1 is 0.941 bits per heavy atom. The second-order valence-electron chi connectivity index (χ2n) is 8.76. The number of para-hydroxylation sites is 1. The molecule has 4 rings (SSSR count). The van der Waals surface area contributed by atoms with Crippen molar-refractivity contribution in [1.29, 1.82) is 0 Å². The monoisotopic (exact) mass is 510 g/mol. The van der Waals surface area contributed by atoms with Crippen LogP contribution in [0.4, 0.5) is 5.69 Å². The van der Waals surface area contributed by atoms with Gasteiger partial charge in [-0.05, 0) is 53.4 Å². The maximum Gasteiger partial charge on any atom is 0.234 e. The van der Waals surface area contributed by atoms with Crippen LogP contribution in [0, 0.1) is 0 Å². The summed E-state index contributed by atoms with van der Waals surface area (Å²) in [7, 11) is 0. The minimum atomic E-state index is -0.114. The van der Waals surface area contributed by atoms with Gasteiger partial charge in [-0.3, -0.25) is 9.36 Å². The van der Waals surface area contributed by atoms with Crippen LogP contribution in [0.1, 0.15) is 26.3 Å². The number of rotatable bonds is 6. The van der Waals surface area contributed by atoms with Crippen LogP contribution < -0.4 is 5.32 Å². The van der Waals surface area contributed by atoms with Crippen LogP contribution >= 0.6 is 35.0 Å². The number of halogens is 2. The number of aromatic nitrogens is 3. The van der Waals surface area contributed by atoms with Gasteiger partial charge in [-0.2, -0.15) is 0 Å². The topological polar surface area (TPSA) is 59.8 Å². The molecule has 0 bridgehead atoms. The Bertz CT molecular complexity index is 1310. The summed E-state index contributed by atoms with van der Waals surface area (Å²) in [6.45, 7) is 6.37. The summed E-state index contributed by atoms with van der Waals surface area (Å²) >= 11 is 13.6. The molecule has 8 heteroatoms. The van der Waals surface area contributed by atoms with Gasteiger partial charge in [0.05, 0.1) is 5.75 Å². The van der Waals surface area contributed by atoms with Gasteiger partial charge in [0, 0.05) is 27.0 Å². The molecule has 3 aromatic carbocycles. The molecule has 174 valence electrons. The Balaban J connectivity index is 1.60. The molecule has 0 spiro atoms. The van der Waals surface area contributed by atoms with Gasteiger partial charge in [-0.15, -0.1) is 10.2 Å². The maximum atomic E-state index is 12.9. The number of anilines is 1. The molecule has 4 aromatic rings. The number of benzene rings is 3. The second-order valence-corrected chi connectivity index (χ2v) is 10.6. The zero-order chi connectivity index (χ0) is 24.3. The third-order valence-corrected chi connectivity index (χ3v) is 6.56. The summed E-state index contributed by atoms with van der Waals surface area (Å²) in [6, 6.07) is 22.7. The van der Waals surface area contributed by atoms with Crippen LogP contribution in [0.3, 0.4) is 0 Å². The molecule has 34 heavy (non-hydrogen) atoms. The zero-order valence-electron chi connectivity index (χ0n) is 19.0. The summed E-state index contributed by atoms with van der Waals surface area (Å²) in [4.78, 5) is 12.9. The number of nitrogens with one attached hydrogen (secondary N) is 1. The summed E-state index contributed by atoms with van der Waals surface area (Å²) in [6.07, 6.45) is 0. The Morgan fingerprint density at radius 3 is 2.38 bits per heavy atom. The largest absolute Gasteiger partial charge is 0.325 e. The van der Waals surface area contributed by atoms with Crippen molar-refractivity contribution in [2.24, 2.45) is 0 Å². The van der Waals surface area contributed by atoms with E-state index in [9.17, 15) is 4.79 Å². The Morgan fingerprint density at radius 2 is 1.68 bits per heavy atom. The molecule has 1 amide bonds. The van der Waals surface area contributed by atoms with Gasteiger partial charge in [0.15, 0.2) is 11.0 Å². The van der Waals surface area contributed by atoms with E-state index in [2.05, 4.69) is 36.3 Å². The maximum absolute atomic E-state index is 12.9. The second kappa shape index (κ2) is 10.2. The van der Waals surface area contributed by atoms with Gasteiger partial charge in [0.25, 0.3) is 0 Å². The van der Waals surface area contributed by atoms with Crippen molar-refractivity contribution in [1.82, 2.24) is 14.8 Å². The predicted octanol–water partition coefficient (Wildman–Crippen LogP) is 7.27. The Labute approximate surface area is 213 Å². The molecular formula is C26H24Cl2N4OS. The first kappa shape index (κ1) is 24.3. The number of carbonyl (C=O) groups is 1. The highest BCUT2D eigenvalue weighted by Gasteiger charge is 2.20. The number of thioether (sulfide) groups is 1. The molecule has 1 heterocycles. The van der Waals surface area contributed by atoms with Crippen molar-refractivity contribution in [2.45, 2.75) is 31.3 Å². The minimum absolute atomic E-state index is 0.0857. The molecule has 0 unspecified atom stereocenters. The van der Waals surface area contributed by atoms with E-state index in [1.54, 1.807) is 0 Å². The summed E-state index contributed by atoms with van der Waals surface area (Å²) < 4.78 is 1.91. The van der Waals surface area contributed by atoms with E-state index in [0.717, 1.165) is 22.5 Å². The van der Waals surface area contributed by atoms with Crippen molar-refractivity contribution in [3.63, 3.8) is 0 Å². The molecule has 0 aliphatic heterocycles. The molecule has 1 aromatic heterocycles. The Hall–Kier alpha value is -2.80. The average molecular weight is 511 g/mol. The molecular weight excluding hydrogens is 487 g/mol. The van der Waals surface area contributed by atoms with Crippen molar-refractivity contribution >= 4 is 46.6 Å². The van der Waals surface area contributed by atoms with Gasteiger partial charge in [0.1, 0.15) is 0 Å². The van der Waals surface area contributed by atoms with Gasteiger partial charge in [0.2, 0.25) is 5.91 Å². The van der Waals surface area contributed by atoms with Crippen molar-refractivity contribution in [2.75, 3.05) is 11.1 Å². The zero-order valence-corrected chi connectivity index (χ0v) is 21.4. The lowest BCUT2D eigenvalue weighted by molar-refractivity contribution is -0.113.